The summed E-state index contributed by atoms with van der Waals surface area (Å²) >= 11 is 0. The van der Waals surface area contributed by atoms with Crippen molar-refractivity contribution in [2.75, 3.05) is 5.32 Å². The normalized spacial score (nSPS) is 10.9. The van der Waals surface area contributed by atoms with Crippen LogP contribution in [0.25, 0.3) is 0 Å². The highest BCUT2D eigenvalue weighted by Gasteiger charge is 2.16. The maximum atomic E-state index is 8.80. The number of hydrogen-bond acceptors (Lipinski definition) is 2. The number of hydrogen-bond donors (Lipinski definition) is 1. The molecule has 0 spiro atoms. The van der Waals surface area contributed by atoms with Crippen LogP contribution in [0.5, 0.6) is 0 Å². The average Bonchev–Trinajstić information content (AvgIpc) is 2.45. The topological polar surface area (TPSA) is 35.8 Å². The molecule has 2 aromatic carbocycles. The summed E-state index contributed by atoms with van der Waals surface area (Å²) in [6.07, 6.45) is 0. The summed E-state index contributed by atoms with van der Waals surface area (Å²) in [5.74, 6) is 0. The molecular formula is C18H20N2. The van der Waals surface area contributed by atoms with E-state index in [2.05, 4.69) is 56.4 Å². The van der Waals surface area contributed by atoms with Crippen LogP contribution in [0.15, 0.2) is 48.5 Å². The van der Waals surface area contributed by atoms with Crippen molar-refractivity contribution in [3.05, 3.63) is 65.2 Å². The van der Waals surface area contributed by atoms with Crippen molar-refractivity contribution >= 4 is 5.69 Å². The van der Waals surface area contributed by atoms with Gasteiger partial charge in [0.05, 0.1) is 11.6 Å². The molecular weight excluding hydrogens is 244 g/mol. The third-order valence-corrected chi connectivity index (χ3v) is 3.30. The molecule has 2 nitrogen and oxygen atoms in total. The van der Waals surface area contributed by atoms with E-state index in [0.717, 1.165) is 6.54 Å². The first-order valence-corrected chi connectivity index (χ1v) is 6.83. The van der Waals surface area contributed by atoms with Gasteiger partial charge in [0.15, 0.2) is 0 Å². The van der Waals surface area contributed by atoms with E-state index in [4.69, 9.17) is 5.26 Å². The zero-order chi connectivity index (χ0) is 14.6. The van der Waals surface area contributed by atoms with Gasteiger partial charge in [-0.25, -0.2) is 0 Å². The maximum absolute atomic E-state index is 8.80. The fourth-order valence-electron chi connectivity index (χ4n) is 2.19. The van der Waals surface area contributed by atoms with Gasteiger partial charge in [0.1, 0.15) is 0 Å². The monoisotopic (exact) mass is 264 g/mol. The second kappa shape index (κ2) is 5.79. The molecule has 0 fully saturated rings. The van der Waals surface area contributed by atoms with Crippen LogP contribution in [0, 0.1) is 11.3 Å². The highest BCUT2D eigenvalue weighted by Crippen LogP contribution is 2.29. The third-order valence-electron chi connectivity index (χ3n) is 3.30. The molecule has 20 heavy (non-hydrogen) atoms. The molecule has 0 saturated heterocycles. The molecule has 2 heteroatoms. The molecule has 0 aromatic heterocycles. The number of nitrogens with zero attached hydrogens (tertiary/aromatic N) is 1. The van der Waals surface area contributed by atoms with Crippen molar-refractivity contribution in [3.63, 3.8) is 0 Å². The maximum Gasteiger partial charge on any atom is 0.0991 e. The number of rotatable bonds is 3. The molecule has 0 heterocycles. The Kier molecular flexibility index (Phi) is 4.10. The van der Waals surface area contributed by atoms with Gasteiger partial charge >= 0.3 is 0 Å². The summed E-state index contributed by atoms with van der Waals surface area (Å²) in [7, 11) is 0. The van der Waals surface area contributed by atoms with Crippen molar-refractivity contribution in [2.45, 2.75) is 32.7 Å². The van der Waals surface area contributed by atoms with Gasteiger partial charge in [0.25, 0.3) is 0 Å². The molecule has 2 rings (SSSR count). The Morgan fingerprint density at radius 2 is 1.65 bits per heavy atom. The summed E-state index contributed by atoms with van der Waals surface area (Å²) in [5, 5.41) is 12.3. The predicted octanol–water partition coefficient (Wildman–Crippen LogP) is 4.47. The van der Waals surface area contributed by atoms with Gasteiger partial charge in [-0.15, -0.1) is 0 Å². The van der Waals surface area contributed by atoms with E-state index < -0.39 is 0 Å². The minimum absolute atomic E-state index is 0.119. The Labute approximate surface area is 121 Å². The van der Waals surface area contributed by atoms with E-state index in [-0.39, 0.29) is 5.41 Å². The van der Waals surface area contributed by atoms with Gasteiger partial charge in [-0.1, -0.05) is 51.1 Å². The molecule has 0 aliphatic carbocycles. The fourth-order valence-corrected chi connectivity index (χ4v) is 2.19. The molecule has 1 N–H and O–H groups in total. The molecule has 2 aromatic rings. The van der Waals surface area contributed by atoms with Crippen LogP contribution in [0.3, 0.4) is 0 Å². The average molecular weight is 264 g/mol. The molecule has 0 unspecified atom stereocenters. The standard InChI is InChI=1S/C18H20N2/c1-18(2,3)16-6-4-5-7-17(16)20-13-15-10-8-14(12-19)9-11-15/h4-11,20H,13H2,1-3H3. The van der Waals surface area contributed by atoms with Gasteiger partial charge in [0, 0.05) is 12.2 Å². The third kappa shape index (κ3) is 3.39. The second-order valence-electron chi connectivity index (χ2n) is 5.96. The van der Waals surface area contributed by atoms with Gasteiger partial charge in [-0.05, 0) is 34.7 Å². The van der Waals surface area contributed by atoms with Crippen molar-refractivity contribution in [1.82, 2.24) is 0 Å². The van der Waals surface area contributed by atoms with E-state index in [0.29, 0.717) is 5.56 Å². The van der Waals surface area contributed by atoms with E-state index >= 15 is 0 Å². The lowest BCUT2D eigenvalue weighted by atomic mass is 9.86. The van der Waals surface area contributed by atoms with E-state index in [9.17, 15) is 0 Å². The molecule has 0 aliphatic heterocycles. The van der Waals surface area contributed by atoms with E-state index in [1.165, 1.54) is 16.8 Å². The first-order chi connectivity index (χ1) is 9.50. The van der Waals surface area contributed by atoms with Crippen LogP contribution in [-0.4, -0.2) is 0 Å². The molecule has 0 radical (unpaired) electrons. The molecule has 0 amide bonds. The van der Waals surface area contributed by atoms with Gasteiger partial charge in [0.2, 0.25) is 0 Å². The van der Waals surface area contributed by atoms with Crippen molar-refractivity contribution in [3.8, 4) is 6.07 Å². The highest BCUT2D eigenvalue weighted by molar-refractivity contribution is 5.54. The summed E-state index contributed by atoms with van der Waals surface area (Å²) in [4.78, 5) is 0. The molecule has 0 aliphatic rings. The second-order valence-corrected chi connectivity index (χ2v) is 5.96. The number of anilines is 1. The van der Waals surface area contributed by atoms with Crippen LogP contribution in [0.4, 0.5) is 5.69 Å². The number of benzene rings is 2. The lowest BCUT2D eigenvalue weighted by Gasteiger charge is -2.23. The number of nitrogens with one attached hydrogen (secondary N) is 1. The Hall–Kier alpha value is -2.27. The Morgan fingerprint density at radius 3 is 2.25 bits per heavy atom. The Bertz CT molecular complexity index is 613. The number of para-hydroxylation sites is 1. The fraction of sp³-hybridized carbons (Fsp3) is 0.278. The zero-order valence-electron chi connectivity index (χ0n) is 12.3. The number of nitriles is 1. The summed E-state index contributed by atoms with van der Waals surface area (Å²) in [5.41, 5.74) is 4.48. The SMILES string of the molecule is CC(C)(C)c1ccccc1NCc1ccc(C#N)cc1. The van der Waals surface area contributed by atoms with Crippen LogP contribution in [0.1, 0.15) is 37.5 Å². The zero-order valence-corrected chi connectivity index (χ0v) is 12.3. The first kappa shape index (κ1) is 14.1. The lowest BCUT2D eigenvalue weighted by Crippen LogP contribution is -2.14. The van der Waals surface area contributed by atoms with Crippen molar-refractivity contribution in [2.24, 2.45) is 0 Å². The summed E-state index contributed by atoms with van der Waals surface area (Å²) < 4.78 is 0. The van der Waals surface area contributed by atoms with Gasteiger partial charge in [-0.3, -0.25) is 0 Å². The van der Waals surface area contributed by atoms with E-state index in [1.54, 1.807) is 0 Å². The van der Waals surface area contributed by atoms with E-state index in [1.807, 2.05) is 24.3 Å². The molecule has 0 saturated carbocycles. The summed E-state index contributed by atoms with van der Waals surface area (Å²) in [6.45, 7) is 7.42. The van der Waals surface area contributed by atoms with Crippen LogP contribution in [-0.2, 0) is 12.0 Å². The van der Waals surface area contributed by atoms with Gasteiger partial charge < -0.3 is 5.32 Å². The molecule has 0 atom stereocenters. The van der Waals surface area contributed by atoms with Gasteiger partial charge in [-0.2, -0.15) is 5.26 Å². The minimum Gasteiger partial charge on any atom is -0.381 e. The summed E-state index contributed by atoms with van der Waals surface area (Å²) in [6, 6.07) is 18.2. The van der Waals surface area contributed by atoms with Crippen LogP contribution < -0.4 is 5.32 Å². The molecule has 102 valence electrons. The highest BCUT2D eigenvalue weighted by atomic mass is 14.9. The molecule has 0 bridgehead atoms. The first-order valence-electron chi connectivity index (χ1n) is 6.83. The van der Waals surface area contributed by atoms with Crippen LogP contribution in [0.2, 0.25) is 0 Å². The smallest absolute Gasteiger partial charge is 0.0991 e. The minimum atomic E-state index is 0.119. The Balaban J connectivity index is 2.13. The largest absolute Gasteiger partial charge is 0.381 e. The lowest BCUT2D eigenvalue weighted by molar-refractivity contribution is 0.591. The predicted molar refractivity (Wildman–Crippen MR) is 83.6 cm³/mol. The van der Waals surface area contributed by atoms with Crippen molar-refractivity contribution < 1.29 is 0 Å². The Morgan fingerprint density at radius 1 is 1.00 bits per heavy atom. The van der Waals surface area contributed by atoms with Crippen molar-refractivity contribution in [1.29, 1.82) is 5.26 Å². The quantitative estimate of drug-likeness (QED) is 0.888. The van der Waals surface area contributed by atoms with Crippen LogP contribution >= 0.6 is 0 Å².